The Bertz CT molecular complexity index is 513. The van der Waals surface area contributed by atoms with Crippen molar-refractivity contribution in [3.63, 3.8) is 0 Å². The zero-order valence-electron chi connectivity index (χ0n) is 21.6. The first-order chi connectivity index (χ1) is 15.8. The van der Waals surface area contributed by atoms with Crippen LogP contribution in [0.2, 0.25) is 0 Å². The van der Waals surface area contributed by atoms with Crippen molar-refractivity contribution < 1.29 is 33.4 Å². The molecule has 0 aromatic heterocycles. The monoisotopic (exact) mass is 470 g/mol. The summed E-state index contributed by atoms with van der Waals surface area (Å²) in [6.07, 6.45) is 3.40. The van der Waals surface area contributed by atoms with Crippen LogP contribution in [0.25, 0.3) is 0 Å². The molecule has 7 heteroatoms. The number of carbonyl (C=O) groups excluding carboxylic acids is 4. The molecule has 192 valence electrons. The van der Waals surface area contributed by atoms with E-state index in [1.54, 1.807) is 14.2 Å². The van der Waals surface area contributed by atoms with E-state index in [0.29, 0.717) is 12.5 Å². The van der Waals surface area contributed by atoms with Crippen molar-refractivity contribution in [2.75, 3.05) is 34.0 Å². The van der Waals surface area contributed by atoms with Crippen molar-refractivity contribution in [2.24, 2.45) is 16.7 Å². The zero-order chi connectivity index (χ0) is 26.8. The lowest BCUT2D eigenvalue weighted by Gasteiger charge is -2.31. The van der Waals surface area contributed by atoms with Gasteiger partial charge in [0.2, 0.25) is 0 Å². The van der Waals surface area contributed by atoms with Gasteiger partial charge >= 0.3 is 0 Å². The SMILES string of the molecule is C=O.C=O.C=O.C=O.COCC(C)(C)CCC(COCc1ccccc1)CC(C)(C)COC. The van der Waals surface area contributed by atoms with E-state index >= 15 is 0 Å². The Balaban J connectivity index is -0.000000472. The Morgan fingerprint density at radius 3 is 1.67 bits per heavy atom. The highest BCUT2D eigenvalue weighted by atomic mass is 16.5. The number of benzene rings is 1. The summed E-state index contributed by atoms with van der Waals surface area (Å²) in [7, 11) is 3.56. The van der Waals surface area contributed by atoms with Crippen LogP contribution in [0.15, 0.2) is 30.3 Å². The van der Waals surface area contributed by atoms with Gasteiger partial charge in [0.1, 0.15) is 27.2 Å². The molecule has 0 radical (unpaired) electrons. The molecule has 0 saturated carbocycles. The van der Waals surface area contributed by atoms with Crippen LogP contribution < -0.4 is 0 Å². The van der Waals surface area contributed by atoms with E-state index in [0.717, 1.165) is 39.1 Å². The minimum atomic E-state index is 0.168. The van der Waals surface area contributed by atoms with Gasteiger partial charge in [-0.25, -0.2) is 0 Å². The molecule has 0 amide bonds. The Morgan fingerprint density at radius 1 is 0.758 bits per heavy atom. The highest BCUT2D eigenvalue weighted by molar-refractivity contribution is 5.13. The molecular formula is C26H46O7. The van der Waals surface area contributed by atoms with E-state index < -0.39 is 0 Å². The van der Waals surface area contributed by atoms with E-state index in [2.05, 4.69) is 52.0 Å². The first kappa shape index (κ1) is 38.1. The van der Waals surface area contributed by atoms with Gasteiger partial charge in [-0.1, -0.05) is 58.0 Å². The van der Waals surface area contributed by atoms with Gasteiger partial charge < -0.3 is 33.4 Å². The summed E-state index contributed by atoms with van der Waals surface area (Å²) in [6, 6.07) is 10.4. The predicted octanol–water partition coefficient (Wildman–Crippen LogP) is 4.60. The number of hydrogen-bond donors (Lipinski definition) is 0. The Morgan fingerprint density at radius 2 is 1.21 bits per heavy atom. The summed E-state index contributed by atoms with van der Waals surface area (Å²) in [5, 5.41) is 0. The van der Waals surface area contributed by atoms with Crippen molar-refractivity contribution in [2.45, 2.75) is 53.6 Å². The third-order valence-electron chi connectivity index (χ3n) is 4.61. The average Bonchev–Trinajstić information content (AvgIpc) is 2.83. The molecule has 1 aromatic carbocycles. The first-order valence-corrected chi connectivity index (χ1v) is 10.5. The maximum absolute atomic E-state index is 8.00. The molecule has 0 fully saturated rings. The van der Waals surface area contributed by atoms with E-state index in [9.17, 15) is 0 Å². The number of carbonyl (C=O) groups is 4. The number of rotatable bonds is 13. The highest BCUT2D eigenvalue weighted by Gasteiger charge is 2.26. The predicted molar refractivity (Wildman–Crippen MR) is 133 cm³/mol. The second-order valence-corrected chi connectivity index (χ2v) is 8.80. The van der Waals surface area contributed by atoms with Crippen LogP contribution in [0.5, 0.6) is 0 Å². The maximum atomic E-state index is 8.00. The van der Waals surface area contributed by atoms with Crippen LogP contribution >= 0.6 is 0 Å². The molecule has 0 heterocycles. The minimum absolute atomic E-state index is 0.168. The van der Waals surface area contributed by atoms with Crippen molar-refractivity contribution in [1.29, 1.82) is 0 Å². The molecule has 0 spiro atoms. The molecular weight excluding hydrogens is 424 g/mol. The Labute approximate surface area is 201 Å². The van der Waals surface area contributed by atoms with Gasteiger partial charge in [0.25, 0.3) is 0 Å². The molecule has 0 N–H and O–H groups in total. The van der Waals surface area contributed by atoms with E-state index in [4.69, 9.17) is 33.4 Å². The highest BCUT2D eigenvalue weighted by Crippen LogP contribution is 2.32. The van der Waals surface area contributed by atoms with E-state index in [-0.39, 0.29) is 10.8 Å². The summed E-state index contributed by atoms with van der Waals surface area (Å²) < 4.78 is 16.8. The minimum Gasteiger partial charge on any atom is -0.384 e. The second-order valence-electron chi connectivity index (χ2n) is 8.80. The second kappa shape index (κ2) is 26.0. The van der Waals surface area contributed by atoms with Crippen LogP contribution in [0.1, 0.15) is 52.5 Å². The summed E-state index contributed by atoms with van der Waals surface area (Å²) in [5.41, 5.74) is 1.61. The van der Waals surface area contributed by atoms with E-state index in [1.165, 1.54) is 5.56 Å². The lowest BCUT2D eigenvalue weighted by Crippen LogP contribution is -2.27. The van der Waals surface area contributed by atoms with Crippen molar-refractivity contribution in [3.05, 3.63) is 35.9 Å². The smallest absolute Gasteiger partial charge is 0.106 e. The fraction of sp³-hybridized carbons (Fsp3) is 0.615. The third kappa shape index (κ3) is 24.3. The molecule has 1 unspecified atom stereocenters. The van der Waals surface area contributed by atoms with Crippen LogP contribution in [-0.4, -0.2) is 61.2 Å². The van der Waals surface area contributed by atoms with Crippen LogP contribution in [0, 0.1) is 16.7 Å². The molecule has 0 saturated heterocycles. The number of hydrogen-bond acceptors (Lipinski definition) is 7. The topological polar surface area (TPSA) is 96.0 Å². The Hall–Kier alpha value is -2.22. The van der Waals surface area contributed by atoms with Gasteiger partial charge in [0.05, 0.1) is 19.8 Å². The lowest BCUT2D eigenvalue weighted by atomic mass is 9.78. The molecule has 0 bridgehead atoms. The molecule has 33 heavy (non-hydrogen) atoms. The van der Waals surface area contributed by atoms with Crippen molar-refractivity contribution in [1.82, 2.24) is 0 Å². The molecule has 7 nitrogen and oxygen atoms in total. The number of ether oxygens (including phenoxy) is 3. The maximum Gasteiger partial charge on any atom is 0.106 e. The van der Waals surface area contributed by atoms with Crippen LogP contribution in [0.4, 0.5) is 0 Å². The van der Waals surface area contributed by atoms with Gasteiger partial charge in [0, 0.05) is 20.8 Å². The summed E-state index contributed by atoms with van der Waals surface area (Å²) in [4.78, 5) is 32.0. The normalized spacial score (nSPS) is 11.0. The standard InChI is InChI=1S/C22H38O3.4CH2O/c1-21(2,17-23-5)13-12-20(14-22(3,4)18-24-6)16-25-15-19-10-8-7-9-11-19;4*1-2/h7-11,20H,12-18H2,1-6H3;4*1H2. The van der Waals surface area contributed by atoms with Gasteiger partial charge in [-0.2, -0.15) is 0 Å². The molecule has 0 aliphatic carbocycles. The quantitative estimate of drug-likeness (QED) is 0.416. The van der Waals surface area contributed by atoms with Crippen molar-refractivity contribution in [3.8, 4) is 0 Å². The zero-order valence-corrected chi connectivity index (χ0v) is 21.6. The molecule has 0 aliphatic rings. The number of methoxy groups -OCH3 is 2. The first-order valence-electron chi connectivity index (χ1n) is 10.5. The molecule has 1 atom stereocenters. The third-order valence-corrected chi connectivity index (χ3v) is 4.61. The largest absolute Gasteiger partial charge is 0.384 e. The van der Waals surface area contributed by atoms with Gasteiger partial charge in [0.15, 0.2) is 0 Å². The fourth-order valence-corrected chi connectivity index (χ4v) is 3.45. The van der Waals surface area contributed by atoms with Crippen molar-refractivity contribution >= 4 is 27.2 Å². The van der Waals surface area contributed by atoms with Crippen LogP contribution in [-0.2, 0) is 40.0 Å². The van der Waals surface area contributed by atoms with Gasteiger partial charge in [-0.3, -0.25) is 0 Å². The molecule has 0 aliphatic heterocycles. The molecule has 1 rings (SSSR count). The average molecular weight is 471 g/mol. The summed E-state index contributed by atoms with van der Waals surface area (Å²) in [6.45, 7) is 20.2. The fourth-order valence-electron chi connectivity index (χ4n) is 3.45. The summed E-state index contributed by atoms with van der Waals surface area (Å²) in [5.74, 6) is 0.532. The summed E-state index contributed by atoms with van der Waals surface area (Å²) >= 11 is 0. The van der Waals surface area contributed by atoms with Crippen LogP contribution in [0.3, 0.4) is 0 Å². The van der Waals surface area contributed by atoms with E-state index in [1.807, 2.05) is 33.2 Å². The lowest BCUT2D eigenvalue weighted by molar-refractivity contribution is -0.0987. The Kier molecular flexibility index (Phi) is 30.0. The van der Waals surface area contributed by atoms with Gasteiger partial charge in [-0.15, -0.1) is 0 Å². The van der Waals surface area contributed by atoms with Gasteiger partial charge in [-0.05, 0) is 41.6 Å². The molecule has 1 aromatic rings.